The molecule has 0 aromatic carbocycles. The lowest BCUT2D eigenvalue weighted by Crippen LogP contribution is -2.37. The van der Waals surface area contributed by atoms with E-state index in [1.807, 2.05) is 6.92 Å². The number of morpholine rings is 1. The molecule has 1 aromatic heterocycles. The van der Waals surface area contributed by atoms with E-state index in [1.54, 1.807) is 23.1 Å². The lowest BCUT2D eigenvalue weighted by molar-refractivity contribution is -0.118. The smallest absolute Gasteiger partial charge is 0.230 e. The summed E-state index contributed by atoms with van der Waals surface area (Å²) < 4.78 is 7.17. The number of hydrogen-bond donors (Lipinski definition) is 1. The molecule has 0 unspecified atom stereocenters. The third-order valence-corrected chi connectivity index (χ3v) is 6.19. The van der Waals surface area contributed by atoms with Crippen molar-refractivity contribution in [1.29, 1.82) is 0 Å². The zero-order valence-electron chi connectivity index (χ0n) is 12.7. The molecule has 0 bridgehead atoms. The molecular weight excluding hydrogens is 340 g/mol. The van der Waals surface area contributed by atoms with Crippen LogP contribution in [0.15, 0.2) is 8.68 Å². The topological polar surface area (TPSA) is 67.4 Å². The van der Waals surface area contributed by atoms with Gasteiger partial charge in [-0.25, -0.2) is 0 Å². The number of aromatic nitrogens is 2. The van der Waals surface area contributed by atoms with Gasteiger partial charge in [-0.2, -0.15) is 0 Å². The van der Waals surface area contributed by atoms with Gasteiger partial charge in [0.05, 0.1) is 19.0 Å². The van der Waals surface area contributed by atoms with Gasteiger partial charge in [0.2, 0.25) is 5.91 Å². The van der Waals surface area contributed by atoms with E-state index in [-0.39, 0.29) is 5.91 Å². The predicted octanol–water partition coefficient (Wildman–Crippen LogP) is 1.58. The van der Waals surface area contributed by atoms with E-state index in [0.717, 1.165) is 60.2 Å². The normalized spacial score (nSPS) is 15.9. The SMILES string of the molecule is CCCNC(=O)CSc1nnc(SCCN2CCOCC2)s1. The van der Waals surface area contributed by atoms with Crippen LogP contribution in [0.2, 0.25) is 0 Å². The maximum absolute atomic E-state index is 11.5. The first-order valence-electron chi connectivity index (χ1n) is 7.44. The van der Waals surface area contributed by atoms with Gasteiger partial charge >= 0.3 is 0 Å². The highest BCUT2D eigenvalue weighted by atomic mass is 32.2. The quantitative estimate of drug-likeness (QED) is 0.669. The Balaban J connectivity index is 1.62. The average Bonchev–Trinajstić information content (AvgIpc) is 3.00. The highest BCUT2D eigenvalue weighted by Crippen LogP contribution is 2.28. The molecular formula is C13H22N4O2S3. The molecule has 1 amide bonds. The number of amides is 1. The van der Waals surface area contributed by atoms with E-state index < -0.39 is 0 Å². The molecule has 124 valence electrons. The third-order valence-electron chi connectivity index (χ3n) is 3.02. The molecule has 0 spiro atoms. The van der Waals surface area contributed by atoms with Crippen molar-refractivity contribution in [3.05, 3.63) is 0 Å². The molecule has 0 atom stereocenters. The van der Waals surface area contributed by atoms with Crippen molar-refractivity contribution in [3.8, 4) is 0 Å². The second-order valence-corrected chi connectivity index (χ2v) is 8.32. The van der Waals surface area contributed by atoms with Gasteiger partial charge in [0.25, 0.3) is 0 Å². The summed E-state index contributed by atoms with van der Waals surface area (Å²) in [6.45, 7) is 7.54. The molecule has 9 heteroatoms. The Hall–Kier alpha value is -0.350. The van der Waals surface area contributed by atoms with Crippen LogP contribution in [0, 0.1) is 0 Å². The van der Waals surface area contributed by atoms with Crippen molar-refractivity contribution in [1.82, 2.24) is 20.4 Å². The summed E-state index contributed by atoms with van der Waals surface area (Å²) in [4.78, 5) is 13.9. The second-order valence-electron chi connectivity index (χ2n) is 4.77. The van der Waals surface area contributed by atoms with E-state index >= 15 is 0 Å². The first kappa shape index (κ1) is 18.0. The van der Waals surface area contributed by atoms with Gasteiger partial charge in [-0.05, 0) is 6.42 Å². The van der Waals surface area contributed by atoms with E-state index in [9.17, 15) is 4.79 Å². The van der Waals surface area contributed by atoms with Crippen LogP contribution in [-0.4, -0.2) is 71.9 Å². The molecule has 1 aliphatic rings. The molecule has 2 heterocycles. The minimum atomic E-state index is 0.0589. The molecule has 2 rings (SSSR count). The molecule has 0 saturated carbocycles. The number of ether oxygens (including phenoxy) is 1. The number of hydrogen-bond acceptors (Lipinski definition) is 8. The fourth-order valence-electron chi connectivity index (χ4n) is 1.84. The van der Waals surface area contributed by atoms with Gasteiger partial charge in [-0.15, -0.1) is 10.2 Å². The molecule has 0 aliphatic carbocycles. The predicted molar refractivity (Wildman–Crippen MR) is 91.9 cm³/mol. The average molecular weight is 363 g/mol. The summed E-state index contributed by atoms with van der Waals surface area (Å²) in [6, 6.07) is 0. The third kappa shape index (κ3) is 6.82. The monoisotopic (exact) mass is 362 g/mol. The molecule has 0 radical (unpaired) electrons. The van der Waals surface area contributed by atoms with Crippen LogP contribution in [-0.2, 0) is 9.53 Å². The standard InChI is InChI=1S/C13H22N4O2S3/c1-2-3-14-11(18)10-21-13-16-15-12(22-13)20-9-6-17-4-7-19-8-5-17/h2-10H2,1H3,(H,14,18). The zero-order chi connectivity index (χ0) is 15.6. The highest BCUT2D eigenvalue weighted by Gasteiger charge is 2.11. The van der Waals surface area contributed by atoms with Crippen LogP contribution in [0.25, 0.3) is 0 Å². The van der Waals surface area contributed by atoms with Gasteiger partial charge in [-0.3, -0.25) is 9.69 Å². The minimum absolute atomic E-state index is 0.0589. The first-order chi connectivity index (χ1) is 10.8. The molecule has 1 aliphatic heterocycles. The van der Waals surface area contributed by atoms with Crippen molar-refractivity contribution in [2.45, 2.75) is 22.0 Å². The maximum atomic E-state index is 11.5. The number of rotatable bonds is 9. The summed E-state index contributed by atoms with van der Waals surface area (Å²) in [7, 11) is 0. The summed E-state index contributed by atoms with van der Waals surface area (Å²) in [5, 5.41) is 11.2. The fraction of sp³-hybridized carbons (Fsp3) is 0.769. The van der Waals surface area contributed by atoms with E-state index in [1.165, 1.54) is 11.8 Å². The lowest BCUT2D eigenvalue weighted by atomic mass is 10.4. The summed E-state index contributed by atoms with van der Waals surface area (Å²) in [6.07, 6.45) is 0.957. The van der Waals surface area contributed by atoms with Crippen molar-refractivity contribution >= 4 is 40.8 Å². The molecule has 22 heavy (non-hydrogen) atoms. The molecule has 1 fully saturated rings. The zero-order valence-corrected chi connectivity index (χ0v) is 15.2. The van der Waals surface area contributed by atoms with Gasteiger partial charge in [0.1, 0.15) is 0 Å². The van der Waals surface area contributed by atoms with E-state index in [0.29, 0.717) is 5.75 Å². The van der Waals surface area contributed by atoms with Crippen molar-refractivity contribution in [3.63, 3.8) is 0 Å². The summed E-state index contributed by atoms with van der Waals surface area (Å²) >= 11 is 4.75. The summed E-state index contributed by atoms with van der Waals surface area (Å²) in [5.74, 6) is 1.48. The fourth-order valence-corrected chi connectivity index (χ4v) is 4.76. The Morgan fingerprint density at radius 3 is 2.77 bits per heavy atom. The number of carbonyl (C=O) groups is 1. The molecule has 1 aromatic rings. The Labute approximate surface area is 143 Å². The second kappa shape index (κ2) is 10.4. The van der Waals surface area contributed by atoms with Crippen molar-refractivity contribution in [2.75, 3.05) is 50.9 Å². The van der Waals surface area contributed by atoms with Crippen LogP contribution in [0.1, 0.15) is 13.3 Å². The van der Waals surface area contributed by atoms with E-state index in [4.69, 9.17) is 4.74 Å². The van der Waals surface area contributed by atoms with Crippen molar-refractivity contribution in [2.24, 2.45) is 0 Å². The molecule has 6 nitrogen and oxygen atoms in total. The van der Waals surface area contributed by atoms with Crippen LogP contribution in [0.5, 0.6) is 0 Å². The van der Waals surface area contributed by atoms with Crippen LogP contribution in [0.3, 0.4) is 0 Å². The van der Waals surface area contributed by atoms with Crippen LogP contribution in [0.4, 0.5) is 0 Å². The lowest BCUT2D eigenvalue weighted by Gasteiger charge is -2.25. The Morgan fingerprint density at radius 1 is 1.32 bits per heavy atom. The Morgan fingerprint density at radius 2 is 2.05 bits per heavy atom. The van der Waals surface area contributed by atoms with Crippen molar-refractivity contribution < 1.29 is 9.53 Å². The van der Waals surface area contributed by atoms with Crippen LogP contribution >= 0.6 is 34.9 Å². The first-order valence-corrected chi connectivity index (χ1v) is 10.2. The van der Waals surface area contributed by atoms with Gasteiger partial charge in [0.15, 0.2) is 8.68 Å². The van der Waals surface area contributed by atoms with Gasteiger partial charge in [-0.1, -0.05) is 41.8 Å². The number of thioether (sulfide) groups is 2. The van der Waals surface area contributed by atoms with Gasteiger partial charge < -0.3 is 10.1 Å². The summed E-state index contributed by atoms with van der Waals surface area (Å²) in [5.41, 5.74) is 0. The largest absolute Gasteiger partial charge is 0.379 e. The van der Waals surface area contributed by atoms with Crippen LogP contribution < -0.4 is 5.32 Å². The highest BCUT2D eigenvalue weighted by molar-refractivity contribution is 8.03. The molecule has 1 N–H and O–H groups in total. The number of nitrogens with zero attached hydrogens (tertiary/aromatic N) is 3. The molecule has 1 saturated heterocycles. The minimum Gasteiger partial charge on any atom is -0.379 e. The Bertz CT molecular complexity index is 452. The van der Waals surface area contributed by atoms with E-state index in [2.05, 4.69) is 20.4 Å². The number of carbonyl (C=O) groups excluding carboxylic acids is 1. The maximum Gasteiger partial charge on any atom is 0.230 e. The van der Waals surface area contributed by atoms with Gasteiger partial charge in [0, 0.05) is 31.9 Å². The Kier molecular flexibility index (Phi) is 8.53. The number of nitrogens with one attached hydrogen (secondary N) is 1.